The number of hydrogen-bond donors (Lipinski definition) is 2. The maximum Gasteiger partial charge on any atom is 0.238 e. The van der Waals surface area contributed by atoms with Crippen molar-refractivity contribution in [1.82, 2.24) is 5.32 Å². The van der Waals surface area contributed by atoms with Gasteiger partial charge in [0.2, 0.25) is 15.9 Å². The Morgan fingerprint density at radius 3 is 2.38 bits per heavy atom. The number of nitrogens with two attached hydrogens (primary N) is 1. The van der Waals surface area contributed by atoms with Gasteiger partial charge >= 0.3 is 0 Å². The van der Waals surface area contributed by atoms with Crippen LogP contribution in [0.1, 0.15) is 36.5 Å². The normalized spacial score (nSPS) is 14.8. The van der Waals surface area contributed by atoms with Gasteiger partial charge in [0.1, 0.15) is 11.6 Å². The number of ether oxygens (including phenoxy) is 1. The molecule has 0 fully saturated rings. The minimum absolute atomic E-state index is 0.00479. The summed E-state index contributed by atoms with van der Waals surface area (Å²) in [6.07, 6.45) is 4.26. The lowest BCUT2D eigenvalue weighted by Crippen LogP contribution is -2.25. The van der Waals surface area contributed by atoms with Gasteiger partial charge in [0.15, 0.2) is 0 Å². The van der Waals surface area contributed by atoms with Crippen molar-refractivity contribution >= 4 is 44.0 Å². The average Bonchev–Trinajstić information content (AvgIpc) is 3.13. The summed E-state index contributed by atoms with van der Waals surface area (Å²) in [5.74, 6) is -0.0613. The lowest BCUT2D eigenvalue weighted by molar-refractivity contribution is -0.120. The van der Waals surface area contributed by atoms with E-state index in [0.717, 1.165) is 32.7 Å². The van der Waals surface area contributed by atoms with E-state index in [1.54, 1.807) is 12.3 Å². The van der Waals surface area contributed by atoms with Crippen LogP contribution in [0.5, 0.6) is 5.75 Å². The fourth-order valence-corrected chi connectivity index (χ4v) is 5.38. The SMILES string of the molecule is CC1=C(CC(=O)NCCCOc2ccc(S(N)(=O)=O)cc2)c2cc(F)ccc2/C1=C/c1ccc(S(C)=O)cc1. The number of halogens is 1. The van der Waals surface area contributed by atoms with Crippen LogP contribution in [0.25, 0.3) is 17.2 Å². The molecule has 204 valence electrons. The van der Waals surface area contributed by atoms with Crippen molar-refractivity contribution in [3.05, 3.63) is 94.8 Å². The van der Waals surface area contributed by atoms with Crippen LogP contribution < -0.4 is 15.2 Å². The summed E-state index contributed by atoms with van der Waals surface area (Å²) < 4.78 is 54.1. The number of hydrogen-bond acceptors (Lipinski definition) is 5. The van der Waals surface area contributed by atoms with E-state index in [2.05, 4.69) is 5.32 Å². The third-order valence-electron chi connectivity index (χ3n) is 6.38. The second-order valence-corrected chi connectivity index (χ2v) is 12.1. The molecule has 0 heterocycles. The molecule has 0 saturated carbocycles. The molecule has 1 amide bonds. The fourth-order valence-electron chi connectivity index (χ4n) is 4.34. The lowest BCUT2D eigenvalue weighted by Gasteiger charge is -2.09. The Morgan fingerprint density at radius 2 is 1.74 bits per heavy atom. The number of rotatable bonds is 10. The second kappa shape index (κ2) is 12.1. The van der Waals surface area contributed by atoms with Gasteiger partial charge < -0.3 is 10.1 Å². The number of nitrogens with one attached hydrogen (secondary N) is 1. The lowest BCUT2D eigenvalue weighted by atomic mass is 10.0. The van der Waals surface area contributed by atoms with Crippen LogP contribution in [-0.4, -0.2) is 37.9 Å². The summed E-state index contributed by atoms with van der Waals surface area (Å²) in [7, 11) is -4.82. The molecule has 10 heteroatoms. The van der Waals surface area contributed by atoms with Crippen molar-refractivity contribution in [3.8, 4) is 5.75 Å². The van der Waals surface area contributed by atoms with Crippen LogP contribution in [0.15, 0.2) is 82.1 Å². The third kappa shape index (κ3) is 7.08. The number of allylic oxidation sites excluding steroid dienone is 2. The summed E-state index contributed by atoms with van der Waals surface area (Å²) in [5.41, 5.74) is 5.07. The Morgan fingerprint density at radius 1 is 1.05 bits per heavy atom. The van der Waals surface area contributed by atoms with E-state index in [9.17, 15) is 21.8 Å². The minimum Gasteiger partial charge on any atom is -0.494 e. The predicted molar refractivity (Wildman–Crippen MR) is 151 cm³/mol. The number of primary sulfonamides is 1. The molecule has 7 nitrogen and oxygen atoms in total. The van der Waals surface area contributed by atoms with E-state index in [-0.39, 0.29) is 23.0 Å². The van der Waals surface area contributed by atoms with Gasteiger partial charge in [-0.05, 0) is 101 Å². The van der Waals surface area contributed by atoms with Gasteiger partial charge in [-0.3, -0.25) is 9.00 Å². The van der Waals surface area contributed by atoms with E-state index in [1.807, 2.05) is 37.3 Å². The molecular formula is C29H29FN2O5S2. The first-order valence-corrected chi connectivity index (χ1v) is 15.3. The Labute approximate surface area is 230 Å². The molecule has 1 unspecified atom stereocenters. The highest BCUT2D eigenvalue weighted by Gasteiger charge is 2.25. The van der Waals surface area contributed by atoms with Gasteiger partial charge in [0, 0.05) is 28.5 Å². The monoisotopic (exact) mass is 568 g/mol. The predicted octanol–water partition coefficient (Wildman–Crippen LogP) is 4.51. The van der Waals surface area contributed by atoms with Crippen molar-refractivity contribution in [2.24, 2.45) is 5.14 Å². The number of carbonyl (C=O) groups excluding carboxylic acids is 1. The highest BCUT2D eigenvalue weighted by molar-refractivity contribution is 7.89. The Bertz CT molecular complexity index is 1580. The molecule has 0 spiro atoms. The van der Waals surface area contributed by atoms with E-state index in [4.69, 9.17) is 9.88 Å². The van der Waals surface area contributed by atoms with Crippen molar-refractivity contribution < 1.29 is 26.5 Å². The quantitative estimate of drug-likeness (QED) is 0.349. The molecule has 0 aromatic heterocycles. The first kappa shape index (κ1) is 28.4. The highest BCUT2D eigenvalue weighted by atomic mass is 32.2. The molecule has 3 aromatic rings. The maximum absolute atomic E-state index is 14.2. The molecule has 39 heavy (non-hydrogen) atoms. The molecule has 1 aliphatic carbocycles. The zero-order valence-electron chi connectivity index (χ0n) is 21.6. The van der Waals surface area contributed by atoms with Gasteiger partial charge in [0.05, 0.1) is 17.9 Å². The third-order valence-corrected chi connectivity index (χ3v) is 8.24. The summed E-state index contributed by atoms with van der Waals surface area (Å²) >= 11 is 0. The molecule has 0 bridgehead atoms. The minimum atomic E-state index is -3.76. The number of benzene rings is 3. The molecule has 0 saturated heterocycles. The smallest absolute Gasteiger partial charge is 0.238 e. The Kier molecular flexibility index (Phi) is 8.79. The second-order valence-electron chi connectivity index (χ2n) is 9.12. The van der Waals surface area contributed by atoms with Gasteiger partial charge in [0.25, 0.3) is 0 Å². The van der Waals surface area contributed by atoms with Crippen LogP contribution >= 0.6 is 0 Å². The van der Waals surface area contributed by atoms with E-state index in [1.165, 1.54) is 36.4 Å². The largest absolute Gasteiger partial charge is 0.494 e. The Balaban J connectivity index is 1.38. The topological polar surface area (TPSA) is 116 Å². The van der Waals surface area contributed by atoms with Crippen LogP contribution in [0.4, 0.5) is 4.39 Å². The number of sulfonamides is 1. The molecule has 1 atom stereocenters. The van der Waals surface area contributed by atoms with Crippen molar-refractivity contribution in [3.63, 3.8) is 0 Å². The maximum atomic E-state index is 14.2. The van der Waals surface area contributed by atoms with Crippen LogP contribution in [0, 0.1) is 5.82 Å². The van der Waals surface area contributed by atoms with Gasteiger partial charge in [-0.1, -0.05) is 18.2 Å². The van der Waals surface area contributed by atoms with E-state index < -0.39 is 20.8 Å². The molecule has 1 aliphatic rings. The number of amides is 1. The number of carbonyl (C=O) groups is 1. The highest BCUT2D eigenvalue weighted by Crippen LogP contribution is 2.43. The van der Waals surface area contributed by atoms with Gasteiger partial charge in [-0.25, -0.2) is 17.9 Å². The van der Waals surface area contributed by atoms with E-state index in [0.29, 0.717) is 30.9 Å². The van der Waals surface area contributed by atoms with Gasteiger partial charge in [-0.2, -0.15) is 0 Å². The first-order chi connectivity index (χ1) is 18.5. The van der Waals surface area contributed by atoms with E-state index >= 15 is 0 Å². The summed E-state index contributed by atoms with van der Waals surface area (Å²) in [4.78, 5) is 13.5. The molecule has 0 aliphatic heterocycles. The summed E-state index contributed by atoms with van der Waals surface area (Å²) in [6, 6.07) is 17.8. The molecule has 3 N–H and O–H groups in total. The number of fused-ring (bicyclic) bond motifs is 1. The molecule has 4 rings (SSSR count). The van der Waals surface area contributed by atoms with Crippen LogP contribution in [-0.2, 0) is 25.6 Å². The molecular weight excluding hydrogens is 539 g/mol. The van der Waals surface area contributed by atoms with Crippen LogP contribution in [0.3, 0.4) is 0 Å². The zero-order chi connectivity index (χ0) is 28.2. The van der Waals surface area contributed by atoms with Gasteiger partial charge in [-0.15, -0.1) is 0 Å². The molecule has 3 aromatic carbocycles. The van der Waals surface area contributed by atoms with Crippen LogP contribution in [0.2, 0.25) is 0 Å². The molecule has 0 radical (unpaired) electrons. The first-order valence-electron chi connectivity index (χ1n) is 12.2. The van der Waals surface area contributed by atoms with Crippen molar-refractivity contribution in [2.75, 3.05) is 19.4 Å². The summed E-state index contributed by atoms with van der Waals surface area (Å²) in [5, 5.41) is 7.97. The van der Waals surface area contributed by atoms with Crippen molar-refractivity contribution in [1.29, 1.82) is 0 Å². The average molecular weight is 569 g/mol. The fraction of sp³-hybridized carbons (Fsp3) is 0.207. The summed E-state index contributed by atoms with van der Waals surface area (Å²) in [6.45, 7) is 2.63. The standard InChI is InChI=1S/C29H29FN2O5S2/c1-19-26(16-20-4-9-23(10-5-20)38(2)34)25-13-6-21(30)17-28(25)27(19)18-29(33)32-14-3-15-37-22-7-11-24(12-8-22)39(31,35)36/h4-13,16-17H,3,14-15,18H2,1-2H3,(H,32,33)(H2,31,35,36)/b26-16+. The zero-order valence-corrected chi connectivity index (χ0v) is 23.2. The Hall–Kier alpha value is -3.60. The van der Waals surface area contributed by atoms with Crippen molar-refractivity contribution in [2.45, 2.75) is 29.6 Å².